The second-order valence-corrected chi connectivity index (χ2v) is 14.0. The lowest BCUT2D eigenvalue weighted by atomic mass is 9.74. The van der Waals surface area contributed by atoms with Crippen LogP contribution in [0.5, 0.6) is 0 Å². The molecule has 3 aliphatic carbocycles. The summed E-state index contributed by atoms with van der Waals surface area (Å²) in [5.74, 6) is 0.367. The monoisotopic (exact) mass is 615 g/mol. The van der Waals surface area contributed by atoms with E-state index >= 15 is 0 Å². The number of aromatic nitrogens is 1. The third-order valence-corrected chi connectivity index (χ3v) is 11.6. The molecule has 3 aliphatic rings. The average molecular weight is 616 g/mol. The molecule has 230 valence electrons. The molecule has 1 heterocycles. The van der Waals surface area contributed by atoms with Crippen LogP contribution >= 0.6 is 0 Å². The van der Waals surface area contributed by atoms with Crippen LogP contribution < -0.4 is 0 Å². The summed E-state index contributed by atoms with van der Waals surface area (Å²) in [4.78, 5) is 0. The highest BCUT2D eigenvalue weighted by molar-refractivity contribution is 5.98. The fourth-order valence-corrected chi connectivity index (χ4v) is 9.28. The first kappa shape index (κ1) is 27.7. The van der Waals surface area contributed by atoms with Gasteiger partial charge in [-0.25, -0.2) is 0 Å². The molecule has 0 radical (unpaired) electrons. The predicted octanol–water partition coefficient (Wildman–Crippen LogP) is 11.7. The normalized spacial score (nSPS) is 18.8. The molecular formula is C47H37N. The molecule has 0 saturated heterocycles. The molecule has 0 bridgehead atoms. The van der Waals surface area contributed by atoms with Crippen molar-refractivity contribution in [2.24, 2.45) is 0 Å². The van der Waals surface area contributed by atoms with Crippen molar-refractivity contribution in [2.75, 3.05) is 0 Å². The minimum absolute atomic E-state index is 0.234. The van der Waals surface area contributed by atoms with Crippen molar-refractivity contribution < 1.29 is 0 Å². The highest BCUT2D eigenvalue weighted by Crippen LogP contribution is 2.54. The summed E-state index contributed by atoms with van der Waals surface area (Å²) in [6.45, 7) is 2.43. The summed E-state index contributed by atoms with van der Waals surface area (Å²) in [5.41, 5.74) is 19.0. The van der Waals surface area contributed by atoms with E-state index in [1.165, 1.54) is 83.5 Å². The summed E-state index contributed by atoms with van der Waals surface area (Å²) >= 11 is 0. The third-order valence-electron chi connectivity index (χ3n) is 11.6. The Kier molecular flexibility index (Phi) is 6.09. The number of nitrogens with zero attached hydrogens (tertiary/aromatic N) is 1. The van der Waals surface area contributed by atoms with Crippen LogP contribution in [0.3, 0.4) is 0 Å². The Labute approximate surface area is 282 Å². The van der Waals surface area contributed by atoms with Gasteiger partial charge in [0.1, 0.15) is 0 Å². The zero-order valence-corrected chi connectivity index (χ0v) is 27.3. The standard InChI is InChI=1S/C47H37N/c1-47(33-17-6-3-7-18-33)43-22-12-10-20-38(43)41-29-42-39-21-11-13-23-45(39)48(46(42)30-44(41)47)34-25-27-37-36(31-14-4-2-5-15-31)26-24-32-16-8-9-19-35(32)40(37)28-34/h2-10,12-20,22-23,25,27-30,36H,11,21,24,26H2,1H3. The van der Waals surface area contributed by atoms with E-state index in [-0.39, 0.29) is 5.41 Å². The molecular weight excluding hydrogens is 579 g/mol. The molecule has 48 heavy (non-hydrogen) atoms. The Hall–Kier alpha value is -5.40. The maximum atomic E-state index is 2.57. The Morgan fingerprint density at radius 1 is 0.625 bits per heavy atom. The lowest BCUT2D eigenvalue weighted by Crippen LogP contribution is -2.22. The van der Waals surface area contributed by atoms with Gasteiger partial charge in [-0.05, 0) is 124 Å². The summed E-state index contributed by atoms with van der Waals surface area (Å²) in [6.07, 6.45) is 9.07. The molecule has 7 aromatic rings. The molecule has 0 amide bonds. The van der Waals surface area contributed by atoms with E-state index in [0.29, 0.717) is 5.92 Å². The molecule has 0 aliphatic heterocycles. The lowest BCUT2D eigenvalue weighted by molar-refractivity contribution is 0.714. The second-order valence-electron chi connectivity index (χ2n) is 14.0. The minimum atomic E-state index is -0.234. The molecule has 10 rings (SSSR count). The number of hydrogen-bond donors (Lipinski definition) is 0. The summed E-state index contributed by atoms with van der Waals surface area (Å²) in [7, 11) is 0. The van der Waals surface area contributed by atoms with Crippen LogP contribution in [0.4, 0.5) is 0 Å². The minimum Gasteiger partial charge on any atom is -0.310 e. The highest BCUT2D eigenvalue weighted by Gasteiger charge is 2.41. The van der Waals surface area contributed by atoms with Gasteiger partial charge >= 0.3 is 0 Å². The van der Waals surface area contributed by atoms with E-state index in [0.717, 1.165) is 25.7 Å². The van der Waals surface area contributed by atoms with Crippen LogP contribution in [0.25, 0.3) is 44.9 Å². The van der Waals surface area contributed by atoms with E-state index in [1.54, 1.807) is 0 Å². The van der Waals surface area contributed by atoms with Crippen LogP contribution in [0, 0.1) is 0 Å². The quantitative estimate of drug-likeness (QED) is 0.186. The Morgan fingerprint density at radius 2 is 1.38 bits per heavy atom. The molecule has 0 fully saturated rings. The molecule has 0 N–H and O–H groups in total. The van der Waals surface area contributed by atoms with E-state index in [1.807, 2.05) is 0 Å². The van der Waals surface area contributed by atoms with Crippen LogP contribution in [0.2, 0.25) is 0 Å². The van der Waals surface area contributed by atoms with Gasteiger partial charge < -0.3 is 4.57 Å². The number of hydrogen-bond acceptors (Lipinski definition) is 0. The SMILES string of the molecule is CC1(c2ccccc2)c2ccccc2-c2cc3c4c(n(-c5ccc6c(c5)-c5ccccc5CCC6c5ccccc5)c3cc21)C=CCC4. The van der Waals surface area contributed by atoms with Crippen molar-refractivity contribution in [1.82, 2.24) is 4.57 Å². The molecule has 1 aromatic heterocycles. The van der Waals surface area contributed by atoms with Gasteiger partial charge in [0.2, 0.25) is 0 Å². The smallest absolute Gasteiger partial charge is 0.0541 e. The molecule has 2 unspecified atom stereocenters. The van der Waals surface area contributed by atoms with Gasteiger partial charge in [-0.2, -0.15) is 0 Å². The number of aryl methyl sites for hydroxylation is 2. The number of rotatable bonds is 3. The molecule has 2 atom stereocenters. The Morgan fingerprint density at radius 3 is 2.23 bits per heavy atom. The number of fused-ring (bicyclic) bond motifs is 9. The van der Waals surface area contributed by atoms with Crippen molar-refractivity contribution >= 4 is 17.0 Å². The molecule has 1 nitrogen and oxygen atoms in total. The van der Waals surface area contributed by atoms with E-state index in [2.05, 4.69) is 163 Å². The first-order valence-electron chi connectivity index (χ1n) is 17.5. The summed E-state index contributed by atoms with van der Waals surface area (Å²) < 4.78 is 2.57. The lowest BCUT2D eigenvalue weighted by Gasteiger charge is -2.28. The van der Waals surface area contributed by atoms with Crippen LogP contribution in [-0.2, 0) is 18.3 Å². The highest BCUT2D eigenvalue weighted by atomic mass is 15.0. The van der Waals surface area contributed by atoms with Gasteiger partial charge in [-0.3, -0.25) is 0 Å². The van der Waals surface area contributed by atoms with Crippen molar-refractivity contribution in [1.29, 1.82) is 0 Å². The van der Waals surface area contributed by atoms with E-state index in [9.17, 15) is 0 Å². The van der Waals surface area contributed by atoms with Crippen LogP contribution in [0.1, 0.15) is 70.3 Å². The van der Waals surface area contributed by atoms with Gasteiger partial charge in [0.25, 0.3) is 0 Å². The van der Waals surface area contributed by atoms with Crippen LogP contribution in [0.15, 0.2) is 146 Å². The van der Waals surface area contributed by atoms with Gasteiger partial charge in [-0.1, -0.05) is 121 Å². The van der Waals surface area contributed by atoms with Gasteiger partial charge in [-0.15, -0.1) is 0 Å². The zero-order valence-electron chi connectivity index (χ0n) is 27.3. The van der Waals surface area contributed by atoms with Gasteiger partial charge in [0.15, 0.2) is 0 Å². The van der Waals surface area contributed by atoms with Crippen molar-refractivity contribution in [3.05, 3.63) is 190 Å². The van der Waals surface area contributed by atoms with Crippen LogP contribution in [-0.4, -0.2) is 4.57 Å². The first-order chi connectivity index (χ1) is 23.7. The molecule has 6 aromatic carbocycles. The topological polar surface area (TPSA) is 4.93 Å². The maximum Gasteiger partial charge on any atom is 0.0541 e. The van der Waals surface area contributed by atoms with Crippen molar-refractivity contribution in [3.63, 3.8) is 0 Å². The summed E-state index contributed by atoms with van der Waals surface area (Å²) in [5, 5.41) is 1.39. The Bertz CT molecular complexity index is 2410. The Balaban J connectivity index is 1.24. The summed E-state index contributed by atoms with van der Waals surface area (Å²) in [6, 6.07) is 52.7. The second kappa shape index (κ2) is 10.6. The van der Waals surface area contributed by atoms with E-state index in [4.69, 9.17) is 0 Å². The molecule has 0 saturated carbocycles. The first-order valence-corrected chi connectivity index (χ1v) is 17.5. The van der Waals surface area contributed by atoms with Gasteiger partial charge in [0, 0.05) is 28.1 Å². The molecule has 0 spiro atoms. The average Bonchev–Trinajstić information content (AvgIpc) is 3.54. The largest absolute Gasteiger partial charge is 0.310 e. The fraction of sp³-hybridized carbons (Fsp3) is 0.149. The molecule has 1 heteroatoms. The van der Waals surface area contributed by atoms with E-state index < -0.39 is 0 Å². The maximum absolute atomic E-state index is 2.57. The number of allylic oxidation sites excluding steroid dienone is 1. The zero-order chi connectivity index (χ0) is 31.8. The van der Waals surface area contributed by atoms with Crippen molar-refractivity contribution in [3.8, 4) is 27.9 Å². The van der Waals surface area contributed by atoms with Crippen molar-refractivity contribution in [2.45, 2.75) is 43.9 Å². The predicted molar refractivity (Wildman–Crippen MR) is 200 cm³/mol. The van der Waals surface area contributed by atoms with Gasteiger partial charge in [0.05, 0.1) is 5.52 Å². The third kappa shape index (κ3) is 3.91. The fourth-order valence-electron chi connectivity index (χ4n) is 9.28. The number of benzene rings is 6.